The van der Waals surface area contributed by atoms with Crippen molar-refractivity contribution in [1.82, 2.24) is 19.9 Å². The Kier molecular flexibility index (Phi) is 6.29. The molecule has 3 N–H and O–H groups in total. The van der Waals surface area contributed by atoms with Crippen LogP contribution in [0.25, 0.3) is 11.0 Å². The number of aromatic amines is 1. The van der Waals surface area contributed by atoms with Crippen LogP contribution in [0.3, 0.4) is 0 Å². The number of nitrogens with two attached hydrogens (primary N) is 1. The number of nitrogen functional groups attached to an aromatic ring is 1. The highest BCUT2D eigenvalue weighted by Crippen LogP contribution is 2.23. The lowest BCUT2D eigenvalue weighted by molar-refractivity contribution is 0.262. The van der Waals surface area contributed by atoms with Crippen LogP contribution >= 0.6 is 0 Å². The molecule has 0 bridgehead atoms. The summed E-state index contributed by atoms with van der Waals surface area (Å²) in [5, 5.41) is 0. The van der Waals surface area contributed by atoms with Crippen molar-refractivity contribution in [2.24, 2.45) is 0 Å². The Labute approximate surface area is 151 Å². The third kappa shape index (κ3) is 4.51. The van der Waals surface area contributed by atoms with Crippen molar-refractivity contribution in [2.75, 3.05) is 18.8 Å². The molecule has 1 fully saturated rings. The van der Waals surface area contributed by atoms with Crippen molar-refractivity contribution in [3.8, 4) is 0 Å². The number of H-pyrrole nitrogens is 1. The van der Waals surface area contributed by atoms with Gasteiger partial charge in [0.1, 0.15) is 11.3 Å². The highest BCUT2D eigenvalue weighted by molar-refractivity contribution is 5.87. The first-order valence-corrected chi connectivity index (χ1v) is 10.1. The Morgan fingerprint density at radius 2 is 2.08 bits per heavy atom. The molecule has 138 valence electrons. The molecule has 0 unspecified atom stereocenters. The zero-order valence-electron chi connectivity index (χ0n) is 15.9. The van der Waals surface area contributed by atoms with Gasteiger partial charge in [-0.1, -0.05) is 19.8 Å². The molecule has 5 nitrogen and oxygen atoms in total. The van der Waals surface area contributed by atoms with Gasteiger partial charge in [-0.2, -0.15) is 0 Å². The molecule has 0 spiro atoms. The minimum atomic E-state index is 0.588. The number of anilines is 1. The van der Waals surface area contributed by atoms with Crippen LogP contribution in [0.2, 0.25) is 0 Å². The molecule has 0 saturated carbocycles. The van der Waals surface area contributed by atoms with Gasteiger partial charge < -0.3 is 15.6 Å². The van der Waals surface area contributed by atoms with Crippen LogP contribution in [-0.4, -0.2) is 39.0 Å². The molecule has 5 heteroatoms. The van der Waals surface area contributed by atoms with Gasteiger partial charge in [-0.3, -0.25) is 0 Å². The van der Waals surface area contributed by atoms with Gasteiger partial charge in [0.2, 0.25) is 0 Å². The summed E-state index contributed by atoms with van der Waals surface area (Å²) < 4.78 is 0. The molecule has 1 saturated heterocycles. The number of aromatic nitrogens is 3. The molecule has 0 radical (unpaired) electrons. The molecule has 1 aliphatic heterocycles. The van der Waals surface area contributed by atoms with Gasteiger partial charge in [0.05, 0.1) is 5.52 Å². The van der Waals surface area contributed by atoms with Crippen molar-refractivity contribution in [2.45, 2.75) is 77.7 Å². The maximum atomic E-state index is 6.11. The molecule has 0 amide bonds. The molecule has 0 aromatic carbocycles. The number of unbranched alkanes of at least 4 members (excludes halogenated alkanes) is 3. The molecule has 3 heterocycles. The molecular weight excluding hydrogens is 310 g/mol. The molecule has 25 heavy (non-hydrogen) atoms. The number of hydrogen-bond acceptors (Lipinski definition) is 4. The van der Waals surface area contributed by atoms with Crippen LogP contribution in [-0.2, 0) is 12.8 Å². The van der Waals surface area contributed by atoms with Crippen molar-refractivity contribution >= 4 is 16.9 Å². The maximum absolute atomic E-state index is 6.11. The van der Waals surface area contributed by atoms with Gasteiger partial charge in [-0.25, -0.2) is 9.97 Å². The van der Waals surface area contributed by atoms with E-state index in [2.05, 4.69) is 34.9 Å². The van der Waals surface area contributed by atoms with Crippen LogP contribution in [0, 0.1) is 0 Å². The van der Waals surface area contributed by atoms with Crippen molar-refractivity contribution < 1.29 is 0 Å². The number of nitrogens with zero attached hydrogens (tertiary/aromatic N) is 3. The Morgan fingerprint density at radius 1 is 1.20 bits per heavy atom. The second-order valence-corrected chi connectivity index (χ2v) is 7.50. The van der Waals surface area contributed by atoms with E-state index in [1.54, 1.807) is 0 Å². The monoisotopic (exact) mass is 343 g/mol. The first-order chi connectivity index (χ1) is 12.2. The van der Waals surface area contributed by atoms with Crippen molar-refractivity contribution in [1.29, 1.82) is 0 Å². The van der Waals surface area contributed by atoms with E-state index in [0.717, 1.165) is 48.6 Å². The van der Waals surface area contributed by atoms with Crippen LogP contribution in [0.4, 0.5) is 5.82 Å². The minimum Gasteiger partial charge on any atom is -0.382 e. The van der Waals surface area contributed by atoms with Crippen molar-refractivity contribution in [3.63, 3.8) is 0 Å². The molecule has 0 aliphatic carbocycles. The summed E-state index contributed by atoms with van der Waals surface area (Å²) in [6.45, 7) is 7.09. The van der Waals surface area contributed by atoms with Crippen LogP contribution < -0.4 is 5.73 Å². The highest BCUT2D eigenvalue weighted by atomic mass is 15.2. The Bertz CT molecular complexity index is 678. The zero-order chi connectivity index (χ0) is 17.6. The molecule has 2 aromatic rings. The van der Waals surface area contributed by atoms with Gasteiger partial charge in [0.15, 0.2) is 5.82 Å². The maximum Gasteiger partial charge on any atom is 0.151 e. The van der Waals surface area contributed by atoms with Gasteiger partial charge in [0.25, 0.3) is 0 Å². The van der Waals surface area contributed by atoms with E-state index in [-0.39, 0.29) is 0 Å². The largest absolute Gasteiger partial charge is 0.382 e. The minimum absolute atomic E-state index is 0.588. The summed E-state index contributed by atoms with van der Waals surface area (Å²) in [5.74, 6) is 1.47. The van der Waals surface area contributed by atoms with Crippen molar-refractivity contribution in [3.05, 3.63) is 17.6 Å². The lowest BCUT2D eigenvalue weighted by Gasteiger charge is -2.20. The SMILES string of the molecule is CCCCc1nc(N)c2[nH]cc(CCCCCN3CCC[C@@H]3C)c2n1. The van der Waals surface area contributed by atoms with E-state index in [1.165, 1.54) is 50.8 Å². The van der Waals surface area contributed by atoms with E-state index in [0.29, 0.717) is 5.82 Å². The first kappa shape index (κ1) is 18.2. The third-order valence-electron chi connectivity index (χ3n) is 5.51. The molecular formula is C20H33N5. The summed E-state index contributed by atoms with van der Waals surface area (Å²) in [4.78, 5) is 15.1. The van der Waals surface area contributed by atoms with Gasteiger partial charge in [-0.15, -0.1) is 0 Å². The normalized spacial score (nSPS) is 18.4. The summed E-state index contributed by atoms with van der Waals surface area (Å²) >= 11 is 0. The van der Waals surface area contributed by atoms with E-state index >= 15 is 0 Å². The van der Waals surface area contributed by atoms with Gasteiger partial charge in [0, 0.05) is 18.7 Å². The quantitative estimate of drug-likeness (QED) is 0.673. The fourth-order valence-electron chi connectivity index (χ4n) is 3.90. The molecule has 3 rings (SSSR count). The fraction of sp³-hybridized carbons (Fsp3) is 0.700. The molecule has 1 atom stereocenters. The second kappa shape index (κ2) is 8.65. The average Bonchev–Trinajstić information content (AvgIpc) is 3.19. The van der Waals surface area contributed by atoms with Crippen LogP contribution in [0.15, 0.2) is 6.20 Å². The topological polar surface area (TPSA) is 70.8 Å². The second-order valence-electron chi connectivity index (χ2n) is 7.50. The summed E-state index contributed by atoms with van der Waals surface area (Å²) in [6.07, 6.45) is 12.8. The summed E-state index contributed by atoms with van der Waals surface area (Å²) in [6, 6.07) is 0.787. The number of aryl methyl sites for hydroxylation is 2. The Balaban J connectivity index is 1.53. The molecule has 1 aliphatic rings. The van der Waals surface area contributed by atoms with Crippen LogP contribution in [0.5, 0.6) is 0 Å². The standard InChI is InChI=1S/C20H33N5/c1-3-4-11-17-23-18-16(14-22-19(18)20(21)24-17)10-6-5-7-12-25-13-8-9-15(25)2/h14-15,22H,3-13H2,1-2H3,(H2,21,23,24)/t15-/m0/s1. The van der Waals surface area contributed by atoms with Gasteiger partial charge in [-0.05, 0) is 64.1 Å². The lowest BCUT2D eigenvalue weighted by atomic mass is 10.1. The van der Waals surface area contributed by atoms with E-state index < -0.39 is 0 Å². The van der Waals surface area contributed by atoms with Crippen LogP contribution in [0.1, 0.15) is 70.2 Å². The predicted molar refractivity (Wildman–Crippen MR) is 105 cm³/mol. The molecule has 2 aromatic heterocycles. The number of likely N-dealkylation sites (tertiary alicyclic amines) is 1. The third-order valence-corrected chi connectivity index (χ3v) is 5.51. The number of hydrogen-bond donors (Lipinski definition) is 2. The highest BCUT2D eigenvalue weighted by Gasteiger charge is 2.19. The average molecular weight is 344 g/mol. The fourth-order valence-corrected chi connectivity index (χ4v) is 3.90. The summed E-state index contributed by atoms with van der Waals surface area (Å²) in [7, 11) is 0. The lowest BCUT2D eigenvalue weighted by Crippen LogP contribution is -2.27. The number of fused-ring (bicyclic) bond motifs is 1. The number of rotatable bonds is 9. The Hall–Kier alpha value is -1.62. The summed E-state index contributed by atoms with van der Waals surface area (Å²) in [5.41, 5.74) is 9.34. The predicted octanol–water partition coefficient (Wildman–Crippen LogP) is 4.08. The smallest absolute Gasteiger partial charge is 0.151 e. The zero-order valence-corrected chi connectivity index (χ0v) is 15.9. The Morgan fingerprint density at radius 3 is 2.84 bits per heavy atom. The van der Waals surface area contributed by atoms with E-state index in [1.807, 2.05) is 0 Å². The first-order valence-electron chi connectivity index (χ1n) is 10.1. The van der Waals surface area contributed by atoms with Gasteiger partial charge >= 0.3 is 0 Å². The van der Waals surface area contributed by atoms with E-state index in [4.69, 9.17) is 10.7 Å². The number of nitrogens with one attached hydrogen (secondary N) is 1. The van der Waals surface area contributed by atoms with E-state index in [9.17, 15) is 0 Å².